The van der Waals surface area contributed by atoms with Crippen LogP contribution < -0.4 is 5.32 Å². The van der Waals surface area contributed by atoms with Gasteiger partial charge in [-0.05, 0) is 59.2 Å². The van der Waals surface area contributed by atoms with Gasteiger partial charge in [0.1, 0.15) is 23.2 Å². The zero-order valence-electron chi connectivity index (χ0n) is 16.8. The van der Waals surface area contributed by atoms with Crippen molar-refractivity contribution < 1.29 is 28.2 Å². The third kappa shape index (κ3) is 5.10. The second-order valence-electron chi connectivity index (χ2n) is 7.14. The van der Waals surface area contributed by atoms with E-state index in [4.69, 9.17) is 9.15 Å². The van der Waals surface area contributed by atoms with Crippen LogP contribution >= 0.6 is 0 Å². The van der Waals surface area contributed by atoms with E-state index in [1.54, 1.807) is 48.8 Å². The number of aromatic nitrogens is 1. The van der Waals surface area contributed by atoms with Crippen molar-refractivity contribution in [1.82, 2.24) is 10.3 Å². The molecule has 0 fully saturated rings. The number of carboxylic acid groups (broad SMARTS) is 1. The Hall–Kier alpha value is -4.20. The highest BCUT2D eigenvalue weighted by atomic mass is 19.1. The second-order valence-corrected chi connectivity index (χ2v) is 7.14. The maximum Gasteiger partial charge on any atom is 0.408 e. The molecular weight excluding hydrogens is 415 g/mol. The molecule has 2 aromatic carbocycles. The number of ether oxygens (including phenoxy) is 1. The molecule has 0 bridgehead atoms. The number of carbonyl (C=O) groups excluding carboxylic acids is 1. The van der Waals surface area contributed by atoms with Gasteiger partial charge in [0.25, 0.3) is 0 Å². The Labute approximate surface area is 182 Å². The molecule has 2 heterocycles. The molecule has 2 N–H and O–H groups in total. The monoisotopic (exact) mass is 434 g/mol. The number of benzene rings is 2. The number of furan rings is 1. The van der Waals surface area contributed by atoms with Crippen molar-refractivity contribution >= 4 is 23.0 Å². The summed E-state index contributed by atoms with van der Waals surface area (Å²) in [5.74, 6) is -1.06. The highest BCUT2D eigenvalue weighted by Crippen LogP contribution is 2.27. The van der Waals surface area contributed by atoms with E-state index in [1.165, 1.54) is 12.1 Å². The average molecular weight is 434 g/mol. The van der Waals surface area contributed by atoms with Crippen molar-refractivity contribution in [3.63, 3.8) is 0 Å². The zero-order chi connectivity index (χ0) is 22.5. The quantitative estimate of drug-likeness (QED) is 0.442. The van der Waals surface area contributed by atoms with Gasteiger partial charge in [0, 0.05) is 24.2 Å². The molecule has 0 aliphatic heterocycles. The fourth-order valence-electron chi connectivity index (χ4n) is 3.27. The summed E-state index contributed by atoms with van der Waals surface area (Å²) in [5.41, 5.74) is 3.09. The van der Waals surface area contributed by atoms with Gasteiger partial charge in [-0.3, -0.25) is 4.98 Å². The lowest BCUT2D eigenvalue weighted by Gasteiger charge is -2.14. The molecule has 8 heteroatoms. The minimum atomic E-state index is -1.17. The molecule has 0 aliphatic rings. The lowest BCUT2D eigenvalue weighted by Crippen LogP contribution is -2.42. The summed E-state index contributed by atoms with van der Waals surface area (Å²) < 4.78 is 24.0. The van der Waals surface area contributed by atoms with E-state index in [9.17, 15) is 19.1 Å². The molecule has 0 aliphatic carbocycles. The molecule has 1 unspecified atom stereocenters. The van der Waals surface area contributed by atoms with E-state index in [0.717, 1.165) is 22.1 Å². The highest BCUT2D eigenvalue weighted by molar-refractivity contribution is 5.84. The van der Waals surface area contributed by atoms with Gasteiger partial charge < -0.3 is 19.6 Å². The van der Waals surface area contributed by atoms with Gasteiger partial charge in [-0.1, -0.05) is 18.2 Å². The lowest BCUT2D eigenvalue weighted by molar-refractivity contribution is -0.139. The average Bonchev–Trinajstić information content (AvgIpc) is 3.20. The number of halogens is 1. The Morgan fingerprint density at radius 2 is 1.75 bits per heavy atom. The molecular formula is C24H19FN2O5. The van der Waals surface area contributed by atoms with Gasteiger partial charge >= 0.3 is 12.1 Å². The Bertz CT molecular complexity index is 1240. The molecule has 32 heavy (non-hydrogen) atoms. The maximum absolute atomic E-state index is 13.1. The number of nitrogens with one attached hydrogen (secondary N) is 1. The van der Waals surface area contributed by atoms with Crippen LogP contribution in [-0.2, 0) is 22.6 Å². The van der Waals surface area contributed by atoms with E-state index < -0.39 is 18.1 Å². The number of carbonyl (C=O) groups is 2. The van der Waals surface area contributed by atoms with Gasteiger partial charge in [0.15, 0.2) is 6.61 Å². The molecule has 0 radical (unpaired) electrons. The van der Waals surface area contributed by atoms with Crippen molar-refractivity contribution in [3.05, 3.63) is 90.2 Å². The summed E-state index contributed by atoms with van der Waals surface area (Å²) in [4.78, 5) is 27.5. The Balaban J connectivity index is 1.39. The summed E-state index contributed by atoms with van der Waals surface area (Å²) in [5, 5.41) is 12.5. The number of amides is 1. The number of pyridine rings is 1. The maximum atomic E-state index is 13.1. The van der Waals surface area contributed by atoms with Crippen molar-refractivity contribution in [3.8, 4) is 11.1 Å². The van der Waals surface area contributed by atoms with Crippen LogP contribution in [0.5, 0.6) is 0 Å². The Morgan fingerprint density at radius 3 is 2.47 bits per heavy atom. The van der Waals surface area contributed by atoms with Crippen LogP contribution in [-0.4, -0.2) is 28.2 Å². The Kier molecular flexibility index (Phi) is 6.12. The number of fused-ring (bicyclic) bond motifs is 1. The van der Waals surface area contributed by atoms with Gasteiger partial charge in [-0.2, -0.15) is 0 Å². The normalized spacial score (nSPS) is 11.8. The van der Waals surface area contributed by atoms with E-state index >= 15 is 0 Å². The number of nitrogens with zero attached hydrogens (tertiary/aromatic N) is 1. The first-order chi connectivity index (χ1) is 15.5. The first kappa shape index (κ1) is 21.0. The van der Waals surface area contributed by atoms with Crippen LogP contribution in [0, 0.1) is 5.82 Å². The summed E-state index contributed by atoms with van der Waals surface area (Å²) in [7, 11) is 0. The molecule has 162 valence electrons. The van der Waals surface area contributed by atoms with Crippen LogP contribution in [0.15, 0.2) is 77.5 Å². The minimum Gasteiger partial charge on any atom is -0.480 e. The zero-order valence-corrected chi connectivity index (χ0v) is 16.8. The fraction of sp³-hybridized carbons (Fsp3) is 0.125. The predicted octanol–water partition coefficient (Wildman–Crippen LogP) is 4.56. The molecule has 0 saturated heterocycles. The number of aliphatic carboxylic acids is 1. The number of hydrogen-bond donors (Lipinski definition) is 2. The molecule has 2 aromatic heterocycles. The first-order valence-electron chi connectivity index (χ1n) is 9.81. The van der Waals surface area contributed by atoms with E-state index in [-0.39, 0.29) is 18.8 Å². The van der Waals surface area contributed by atoms with E-state index in [0.29, 0.717) is 11.3 Å². The van der Waals surface area contributed by atoms with Crippen LogP contribution in [0.4, 0.5) is 9.18 Å². The first-order valence-corrected chi connectivity index (χ1v) is 9.81. The predicted molar refractivity (Wildman–Crippen MR) is 114 cm³/mol. The number of carboxylic acids is 1. The van der Waals surface area contributed by atoms with Gasteiger partial charge in [0.2, 0.25) is 0 Å². The molecule has 0 spiro atoms. The highest BCUT2D eigenvalue weighted by Gasteiger charge is 2.21. The molecule has 7 nitrogen and oxygen atoms in total. The van der Waals surface area contributed by atoms with Crippen LogP contribution in [0.2, 0.25) is 0 Å². The lowest BCUT2D eigenvalue weighted by atomic mass is 10.0. The summed E-state index contributed by atoms with van der Waals surface area (Å²) in [6.45, 7) is -0.159. The third-order valence-corrected chi connectivity index (χ3v) is 4.87. The summed E-state index contributed by atoms with van der Waals surface area (Å²) in [6.07, 6.45) is 2.34. The molecule has 1 atom stereocenters. The van der Waals surface area contributed by atoms with Crippen molar-refractivity contribution in [1.29, 1.82) is 0 Å². The second kappa shape index (κ2) is 9.30. The number of hydrogen-bond acceptors (Lipinski definition) is 5. The van der Waals surface area contributed by atoms with Crippen LogP contribution in [0.25, 0.3) is 22.1 Å². The van der Waals surface area contributed by atoms with E-state index in [1.807, 2.05) is 12.1 Å². The van der Waals surface area contributed by atoms with Crippen LogP contribution in [0.1, 0.15) is 11.3 Å². The fourth-order valence-corrected chi connectivity index (χ4v) is 3.27. The smallest absolute Gasteiger partial charge is 0.408 e. The topological polar surface area (TPSA) is 102 Å². The van der Waals surface area contributed by atoms with Crippen molar-refractivity contribution in [2.45, 2.75) is 19.1 Å². The third-order valence-electron chi connectivity index (χ3n) is 4.87. The Morgan fingerprint density at radius 1 is 1.03 bits per heavy atom. The van der Waals surface area contributed by atoms with Gasteiger partial charge in [0.05, 0.1) is 0 Å². The molecule has 4 aromatic rings. The van der Waals surface area contributed by atoms with Gasteiger partial charge in [-0.25, -0.2) is 14.0 Å². The van der Waals surface area contributed by atoms with Crippen molar-refractivity contribution in [2.75, 3.05) is 0 Å². The summed E-state index contributed by atoms with van der Waals surface area (Å²) in [6, 6.07) is 15.7. The summed E-state index contributed by atoms with van der Waals surface area (Å²) >= 11 is 0. The minimum absolute atomic E-state index is 0.101. The molecule has 0 saturated carbocycles. The van der Waals surface area contributed by atoms with Crippen LogP contribution in [0.3, 0.4) is 0 Å². The largest absolute Gasteiger partial charge is 0.480 e. The number of alkyl carbamates (subject to hydrolysis) is 1. The van der Waals surface area contributed by atoms with E-state index in [2.05, 4.69) is 10.3 Å². The van der Waals surface area contributed by atoms with Crippen molar-refractivity contribution in [2.24, 2.45) is 0 Å². The molecule has 1 amide bonds. The molecule has 4 rings (SSSR count). The number of rotatable bonds is 7. The standard InChI is InChI=1S/C24H19FN2O5/c25-19-4-1-16(2-5-19)17-3-6-22-18(12-17)13-20(32-22)14-31-24(30)27-21(23(28)29)11-15-7-9-26-10-8-15/h1-10,12-13,21H,11,14H2,(H,27,30)(H,28,29). The van der Waals surface area contributed by atoms with Gasteiger partial charge in [-0.15, -0.1) is 0 Å². The SMILES string of the molecule is O=C(NC(Cc1ccncc1)C(=O)O)OCc1cc2cc(-c3ccc(F)cc3)ccc2o1.